The number of anilines is 2. The quantitative estimate of drug-likeness (QED) is 0.826. The summed E-state index contributed by atoms with van der Waals surface area (Å²) in [6.45, 7) is 3.22. The molecule has 2 heterocycles. The smallest absolute Gasteiger partial charge is 0.244 e. The molecule has 0 radical (unpaired) electrons. The van der Waals surface area contributed by atoms with Crippen LogP contribution in [0, 0.1) is 5.82 Å². The van der Waals surface area contributed by atoms with Gasteiger partial charge >= 0.3 is 0 Å². The van der Waals surface area contributed by atoms with Crippen LogP contribution in [0.15, 0.2) is 6.20 Å². The first-order chi connectivity index (χ1) is 8.61. The van der Waals surface area contributed by atoms with Crippen molar-refractivity contribution in [1.82, 2.24) is 14.9 Å². The molecule has 1 unspecified atom stereocenters. The van der Waals surface area contributed by atoms with E-state index in [1.54, 1.807) is 11.9 Å². The van der Waals surface area contributed by atoms with Gasteiger partial charge in [-0.25, -0.2) is 9.37 Å². The number of hydrogen-bond donors (Lipinski definition) is 2. The van der Waals surface area contributed by atoms with Crippen LogP contribution in [0.3, 0.4) is 0 Å². The predicted molar refractivity (Wildman–Crippen MR) is 65.8 cm³/mol. The van der Waals surface area contributed by atoms with E-state index in [0.717, 1.165) is 6.20 Å². The van der Waals surface area contributed by atoms with E-state index in [0.29, 0.717) is 25.5 Å². The van der Waals surface area contributed by atoms with E-state index in [1.165, 1.54) is 0 Å². The molecule has 18 heavy (non-hydrogen) atoms. The highest BCUT2D eigenvalue weighted by Gasteiger charge is 2.29. The lowest BCUT2D eigenvalue weighted by Gasteiger charge is -2.13. The second-order valence-electron chi connectivity index (χ2n) is 4.17. The molecule has 1 atom stereocenters. The van der Waals surface area contributed by atoms with Crippen LogP contribution in [0.25, 0.3) is 0 Å². The normalized spacial score (nSPS) is 19.2. The zero-order chi connectivity index (χ0) is 13.1. The number of aromatic nitrogens is 2. The van der Waals surface area contributed by atoms with Crippen LogP contribution in [-0.4, -0.2) is 47.0 Å². The van der Waals surface area contributed by atoms with E-state index in [-0.39, 0.29) is 11.7 Å². The Morgan fingerprint density at radius 3 is 3.00 bits per heavy atom. The number of amides is 1. The van der Waals surface area contributed by atoms with Crippen LogP contribution >= 0.6 is 0 Å². The standard InChI is InChI=1S/C11H16FN5O/c1-3-13-11-14-6-7(12)9(16-11)15-8-4-5-17(2)10(8)18/h6,8H,3-5H2,1-2H3,(H2,13,14,15,16). The van der Waals surface area contributed by atoms with Crippen molar-refractivity contribution in [2.75, 3.05) is 30.8 Å². The lowest BCUT2D eigenvalue weighted by molar-refractivity contribution is -0.127. The first kappa shape index (κ1) is 12.5. The molecule has 1 aromatic heterocycles. The average Bonchev–Trinajstić information content (AvgIpc) is 2.66. The molecule has 0 aromatic carbocycles. The fourth-order valence-electron chi connectivity index (χ4n) is 1.83. The van der Waals surface area contributed by atoms with Gasteiger partial charge < -0.3 is 15.5 Å². The van der Waals surface area contributed by atoms with Gasteiger partial charge in [0.2, 0.25) is 11.9 Å². The van der Waals surface area contributed by atoms with Gasteiger partial charge in [0.1, 0.15) is 6.04 Å². The first-order valence-electron chi connectivity index (χ1n) is 5.89. The monoisotopic (exact) mass is 253 g/mol. The van der Waals surface area contributed by atoms with Crippen molar-refractivity contribution in [2.24, 2.45) is 0 Å². The SMILES string of the molecule is CCNc1ncc(F)c(NC2CCN(C)C2=O)n1. The number of likely N-dealkylation sites (tertiary alicyclic amines) is 1. The second kappa shape index (κ2) is 5.16. The van der Waals surface area contributed by atoms with E-state index in [1.807, 2.05) is 6.92 Å². The molecule has 0 bridgehead atoms. The van der Waals surface area contributed by atoms with Gasteiger partial charge in [0.15, 0.2) is 11.6 Å². The van der Waals surface area contributed by atoms with Crippen molar-refractivity contribution in [3.05, 3.63) is 12.0 Å². The van der Waals surface area contributed by atoms with Crippen molar-refractivity contribution in [1.29, 1.82) is 0 Å². The Morgan fingerprint density at radius 2 is 2.39 bits per heavy atom. The molecule has 1 amide bonds. The minimum absolute atomic E-state index is 0.0435. The third-order valence-electron chi connectivity index (χ3n) is 2.82. The molecule has 0 saturated carbocycles. The number of likely N-dealkylation sites (N-methyl/N-ethyl adjacent to an activating group) is 1. The highest BCUT2D eigenvalue weighted by Crippen LogP contribution is 2.17. The highest BCUT2D eigenvalue weighted by molar-refractivity contribution is 5.86. The fourth-order valence-corrected chi connectivity index (χ4v) is 1.83. The summed E-state index contributed by atoms with van der Waals surface area (Å²) in [6, 6.07) is -0.408. The summed E-state index contributed by atoms with van der Waals surface area (Å²) in [4.78, 5) is 21.1. The van der Waals surface area contributed by atoms with Gasteiger partial charge in [0.05, 0.1) is 6.20 Å². The van der Waals surface area contributed by atoms with Gasteiger partial charge in [0.25, 0.3) is 0 Å². The Balaban J connectivity index is 2.13. The highest BCUT2D eigenvalue weighted by atomic mass is 19.1. The van der Waals surface area contributed by atoms with Gasteiger partial charge in [-0.15, -0.1) is 0 Å². The van der Waals surface area contributed by atoms with Crippen molar-refractivity contribution >= 4 is 17.7 Å². The summed E-state index contributed by atoms with van der Waals surface area (Å²) in [6.07, 6.45) is 1.74. The molecule has 2 N–H and O–H groups in total. The Hall–Kier alpha value is -1.92. The molecule has 7 heteroatoms. The number of nitrogens with zero attached hydrogens (tertiary/aromatic N) is 3. The zero-order valence-corrected chi connectivity index (χ0v) is 10.4. The van der Waals surface area contributed by atoms with E-state index in [9.17, 15) is 9.18 Å². The maximum Gasteiger partial charge on any atom is 0.244 e. The van der Waals surface area contributed by atoms with Gasteiger partial charge in [-0.3, -0.25) is 4.79 Å². The van der Waals surface area contributed by atoms with Crippen molar-refractivity contribution in [3.63, 3.8) is 0 Å². The lowest BCUT2D eigenvalue weighted by Crippen LogP contribution is -2.31. The fraction of sp³-hybridized carbons (Fsp3) is 0.545. The number of nitrogens with one attached hydrogen (secondary N) is 2. The molecule has 1 aliphatic heterocycles. The molecule has 98 valence electrons. The maximum atomic E-state index is 13.5. The van der Waals surface area contributed by atoms with Gasteiger partial charge in [-0.1, -0.05) is 0 Å². The third kappa shape index (κ3) is 2.49. The Bertz CT molecular complexity index is 453. The minimum atomic E-state index is -0.556. The number of rotatable bonds is 4. The van der Waals surface area contributed by atoms with Crippen LogP contribution < -0.4 is 10.6 Å². The van der Waals surface area contributed by atoms with Crippen LogP contribution in [0.5, 0.6) is 0 Å². The van der Waals surface area contributed by atoms with E-state index in [4.69, 9.17) is 0 Å². The first-order valence-corrected chi connectivity index (χ1v) is 5.89. The lowest BCUT2D eigenvalue weighted by atomic mass is 10.2. The molecule has 1 aromatic rings. The van der Waals surface area contributed by atoms with Gasteiger partial charge in [0, 0.05) is 20.1 Å². The second-order valence-corrected chi connectivity index (χ2v) is 4.17. The molecule has 2 rings (SSSR count). The van der Waals surface area contributed by atoms with Crippen molar-refractivity contribution in [3.8, 4) is 0 Å². The van der Waals surface area contributed by atoms with Crippen LogP contribution in [0.2, 0.25) is 0 Å². The molecule has 0 spiro atoms. The summed E-state index contributed by atoms with van der Waals surface area (Å²) in [7, 11) is 1.73. The summed E-state index contributed by atoms with van der Waals surface area (Å²) in [5.74, 6) is -0.188. The molecule has 1 aliphatic rings. The zero-order valence-electron chi connectivity index (χ0n) is 10.4. The van der Waals surface area contributed by atoms with E-state index >= 15 is 0 Å². The van der Waals surface area contributed by atoms with Crippen molar-refractivity contribution in [2.45, 2.75) is 19.4 Å². The van der Waals surface area contributed by atoms with Crippen LogP contribution in [-0.2, 0) is 4.79 Å². The summed E-state index contributed by atoms with van der Waals surface area (Å²) >= 11 is 0. The molecule has 0 aliphatic carbocycles. The largest absolute Gasteiger partial charge is 0.356 e. The summed E-state index contributed by atoms with van der Waals surface area (Å²) < 4.78 is 13.5. The van der Waals surface area contributed by atoms with Crippen LogP contribution in [0.4, 0.5) is 16.2 Å². The summed E-state index contributed by atoms with van der Waals surface area (Å²) in [5.41, 5.74) is 0. The van der Waals surface area contributed by atoms with Crippen molar-refractivity contribution < 1.29 is 9.18 Å². The average molecular weight is 253 g/mol. The maximum absolute atomic E-state index is 13.5. The summed E-state index contributed by atoms with van der Waals surface area (Å²) in [5, 5.41) is 5.73. The van der Waals surface area contributed by atoms with Gasteiger partial charge in [-0.05, 0) is 13.3 Å². The Labute approximate surface area is 105 Å². The Kier molecular flexibility index (Phi) is 3.59. The predicted octanol–water partition coefficient (Wildman–Crippen LogP) is 0.690. The van der Waals surface area contributed by atoms with Crippen LogP contribution in [0.1, 0.15) is 13.3 Å². The van der Waals surface area contributed by atoms with E-state index in [2.05, 4.69) is 20.6 Å². The molecular weight excluding hydrogens is 237 g/mol. The minimum Gasteiger partial charge on any atom is -0.356 e. The van der Waals surface area contributed by atoms with Gasteiger partial charge in [-0.2, -0.15) is 4.98 Å². The molecular formula is C11H16FN5O. The Morgan fingerprint density at radius 1 is 1.61 bits per heavy atom. The number of carbonyl (C=O) groups excluding carboxylic acids is 1. The third-order valence-corrected chi connectivity index (χ3v) is 2.82. The topological polar surface area (TPSA) is 70.2 Å². The van der Waals surface area contributed by atoms with E-state index < -0.39 is 11.9 Å². The molecule has 1 fully saturated rings. The molecule has 6 nitrogen and oxygen atoms in total. The number of carbonyl (C=O) groups is 1. The molecule has 1 saturated heterocycles. The number of halogens is 1. The number of hydrogen-bond acceptors (Lipinski definition) is 5.